The van der Waals surface area contributed by atoms with E-state index in [4.69, 9.17) is 15.5 Å². The molecule has 10 nitrogen and oxygen atoms in total. The van der Waals surface area contributed by atoms with Gasteiger partial charge in [-0.25, -0.2) is 9.97 Å². The quantitative estimate of drug-likeness (QED) is 0.337. The molecule has 3 aromatic rings. The smallest absolute Gasteiger partial charge is 0.271 e. The molecule has 226 valence electrons. The maximum absolute atomic E-state index is 13.1. The molecule has 10 heteroatoms. The number of benzene rings is 2. The Balaban J connectivity index is 1.13. The Bertz CT molecular complexity index is 1430. The van der Waals surface area contributed by atoms with Crippen LogP contribution in [0.3, 0.4) is 0 Å². The van der Waals surface area contributed by atoms with Crippen LogP contribution < -0.4 is 26.0 Å². The van der Waals surface area contributed by atoms with Gasteiger partial charge in [0.05, 0.1) is 6.20 Å². The minimum absolute atomic E-state index is 0.0268. The Hall–Kier alpha value is -4.18. The highest BCUT2D eigenvalue weighted by molar-refractivity contribution is 5.96. The summed E-state index contributed by atoms with van der Waals surface area (Å²) >= 11 is 0. The minimum atomic E-state index is -0.659. The molecule has 3 heterocycles. The van der Waals surface area contributed by atoms with Crippen molar-refractivity contribution in [2.75, 3.05) is 36.9 Å². The lowest BCUT2D eigenvalue weighted by atomic mass is 9.97. The van der Waals surface area contributed by atoms with E-state index < -0.39 is 5.91 Å². The molecule has 2 saturated heterocycles. The molecular weight excluding hydrogens is 542 g/mol. The lowest BCUT2D eigenvalue weighted by molar-refractivity contribution is 0.0923. The van der Waals surface area contributed by atoms with Crippen LogP contribution >= 0.6 is 0 Å². The van der Waals surface area contributed by atoms with Crippen LogP contribution in [0.15, 0.2) is 54.7 Å². The Morgan fingerprint density at radius 2 is 1.67 bits per heavy atom. The summed E-state index contributed by atoms with van der Waals surface area (Å²) in [6, 6.07) is 15.5. The van der Waals surface area contributed by atoms with Crippen LogP contribution in [0.4, 0.5) is 17.3 Å². The van der Waals surface area contributed by atoms with Crippen molar-refractivity contribution in [1.29, 1.82) is 0 Å². The van der Waals surface area contributed by atoms with E-state index >= 15 is 0 Å². The van der Waals surface area contributed by atoms with Crippen molar-refractivity contribution >= 4 is 29.1 Å². The third-order valence-corrected chi connectivity index (χ3v) is 8.90. The lowest BCUT2D eigenvalue weighted by Crippen LogP contribution is -2.54. The number of piperidine rings is 2. The largest absolute Gasteiger partial charge is 0.490 e. The first kappa shape index (κ1) is 28.9. The Kier molecular flexibility index (Phi) is 8.47. The zero-order valence-electron chi connectivity index (χ0n) is 25.0. The van der Waals surface area contributed by atoms with Gasteiger partial charge < -0.3 is 30.9 Å². The normalized spacial score (nSPS) is 21.3. The lowest BCUT2D eigenvalue weighted by Gasteiger charge is -2.40. The van der Waals surface area contributed by atoms with Crippen molar-refractivity contribution in [2.24, 2.45) is 5.73 Å². The number of rotatable bonds is 9. The average Bonchev–Trinajstić information content (AvgIpc) is 3.86. The minimum Gasteiger partial charge on any atom is -0.490 e. The van der Waals surface area contributed by atoms with Crippen LogP contribution in [0.2, 0.25) is 0 Å². The summed E-state index contributed by atoms with van der Waals surface area (Å²) in [6.07, 6.45) is 8.04. The summed E-state index contributed by atoms with van der Waals surface area (Å²) in [7, 11) is 2.13. The summed E-state index contributed by atoms with van der Waals surface area (Å²) in [5.41, 5.74) is 8.46. The van der Waals surface area contributed by atoms with Gasteiger partial charge in [0.1, 0.15) is 17.7 Å². The van der Waals surface area contributed by atoms with Crippen LogP contribution in [-0.2, 0) is 0 Å². The first-order valence-corrected chi connectivity index (χ1v) is 15.4. The molecule has 0 spiro atoms. The van der Waals surface area contributed by atoms with E-state index in [-0.39, 0.29) is 29.8 Å². The molecular formula is C33H41N7O3. The van der Waals surface area contributed by atoms with Gasteiger partial charge in [-0.1, -0.05) is 12.1 Å². The fraction of sp³-hybridized carbons (Fsp3) is 0.455. The van der Waals surface area contributed by atoms with Crippen molar-refractivity contribution < 1.29 is 14.3 Å². The Labute approximate surface area is 253 Å². The van der Waals surface area contributed by atoms with Gasteiger partial charge in [0.15, 0.2) is 11.5 Å². The summed E-state index contributed by atoms with van der Waals surface area (Å²) in [6.45, 7) is 4.91. The molecule has 0 bridgehead atoms. The van der Waals surface area contributed by atoms with Gasteiger partial charge in [0.2, 0.25) is 0 Å². The maximum Gasteiger partial charge on any atom is 0.271 e. The van der Waals surface area contributed by atoms with E-state index in [0.717, 1.165) is 56.8 Å². The number of carbonyl (C=O) groups is 2. The van der Waals surface area contributed by atoms with E-state index in [1.54, 1.807) is 6.20 Å². The second-order valence-corrected chi connectivity index (χ2v) is 12.1. The van der Waals surface area contributed by atoms with Gasteiger partial charge >= 0.3 is 0 Å². The van der Waals surface area contributed by atoms with Crippen LogP contribution in [-0.4, -0.2) is 71.6 Å². The van der Waals surface area contributed by atoms with E-state index in [0.29, 0.717) is 23.1 Å². The zero-order chi connectivity index (χ0) is 29.9. The number of likely N-dealkylation sites (tertiary alicyclic amines) is 1. The fourth-order valence-electron chi connectivity index (χ4n) is 6.07. The standard InChI is InChI=1S/C33H41N7O3/c1-21-28(37-33(42)24-9-7-23(8-10-24)22-5-6-22)4-3-17-40(21)29-20-35-30(31(34)41)32(38-29)36-25-11-13-26(14-12-25)43-27-15-18-39(2)19-16-27/h7-14,20-22,27-28H,3-6,15-19H2,1-2H3,(H2,34,41)(H,36,38)(H,37,42)/t21-,28-/m1/s1. The van der Waals surface area contributed by atoms with Crippen LogP contribution in [0.25, 0.3) is 0 Å². The van der Waals surface area contributed by atoms with Gasteiger partial charge in [-0.15, -0.1) is 0 Å². The predicted octanol–water partition coefficient (Wildman–Crippen LogP) is 4.46. The molecule has 2 amide bonds. The number of hydrogen-bond donors (Lipinski definition) is 3. The molecule has 1 saturated carbocycles. The van der Waals surface area contributed by atoms with Crippen LogP contribution in [0, 0.1) is 0 Å². The molecule has 6 rings (SSSR count). The van der Waals surface area contributed by atoms with Crippen molar-refractivity contribution in [1.82, 2.24) is 20.2 Å². The fourth-order valence-corrected chi connectivity index (χ4v) is 6.07. The molecule has 4 N–H and O–H groups in total. The number of ether oxygens (including phenoxy) is 1. The van der Waals surface area contributed by atoms with E-state index in [1.165, 1.54) is 18.4 Å². The van der Waals surface area contributed by atoms with E-state index in [1.807, 2.05) is 36.4 Å². The number of nitrogens with zero attached hydrogens (tertiary/aromatic N) is 4. The van der Waals surface area contributed by atoms with Gasteiger partial charge in [-0.3, -0.25) is 9.59 Å². The highest BCUT2D eigenvalue weighted by Gasteiger charge is 2.31. The average molecular weight is 584 g/mol. The molecule has 0 radical (unpaired) electrons. The molecule has 2 atom stereocenters. The number of primary amides is 1. The number of anilines is 3. The molecule has 0 unspecified atom stereocenters. The monoisotopic (exact) mass is 583 g/mol. The van der Waals surface area contributed by atoms with Crippen LogP contribution in [0.5, 0.6) is 5.75 Å². The molecule has 1 aliphatic carbocycles. The molecule has 3 aliphatic rings. The summed E-state index contributed by atoms with van der Waals surface area (Å²) in [5.74, 6) is 1.66. The van der Waals surface area contributed by atoms with Gasteiger partial charge in [-0.05, 0) is 100 Å². The summed E-state index contributed by atoms with van der Waals surface area (Å²) in [5, 5.41) is 6.47. The van der Waals surface area contributed by atoms with Gasteiger partial charge in [-0.2, -0.15) is 0 Å². The topological polar surface area (TPSA) is 126 Å². The predicted molar refractivity (Wildman–Crippen MR) is 167 cm³/mol. The van der Waals surface area contributed by atoms with E-state index in [2.05, 4.69) is 51.5 Å². The molecule has 43 heavy (non-hydrogen) atoms. The summed E-state index contributed by atoms with van der Waals surface area (Å²) in [4.78, 5) is 38.9. The number of amides is 2. The third-order valence-electron chi connectivity index (χ3n) is 8.90. The van der Waals surface area contributed by atoms with Crippen molar-refractivity contribution in [2.45, 2.75) is 69.6 Å². The highest BCUT2D eigenvalue weighted by atomic mass is 16.5. The number of hydrogen-bond acceptors (Lipinski definition) is 8. The van der Waals surface area contributed by atoms with Gasteiger partial charge in [0.25, 0.3) is 11.8 Å². The Morgan fingerprint density at radius 1 is 0.953 bits per heavy atom. The zero-order valence-corrected chi connectivity index (χ0v) is 25.0. The second kappa shape index (κ2) is 12.6. The van der Waals surface area contributed by atoms with E-state index in [9.17, 15) is 9.59 Å². The van der Waals surface area contributed by atoms with Crippen LogP contribution in [0.1, 0.15) is 77.8 Å². The van der Waals surface area contributed by atoms with Crippen molar-refractivity contribution in [3.05, 3.63) is 71.5 Å². The van der Waals surface area contributed by atoms with Gasteiger partial charge in [0, 0.05) is 43.0 Å². The van der Waals surface area contributed by atoms with Crippen molar-refractivity contribution in [3.63, 3.8) is 0 Å². The molecule has 2 aromatic carbocycles. The number of aromatic nitrogens is 2. The summed E-state index contributed by atoms with van der Waals surface area (Å²) < 4.78 is 6.17. The number of nitrogens with two attached hydrogens (primary N) is 1. The molecule has 1 aromatic heterocycles. The SMILES string of the molecule is C[C@@H]1[C@H](NC(=O)c2ccc(C3CC3)cc2)CCCN1c1cnc(C(N)=O)c(Nc2ccc(OC3CCN(C)CC3)cc2)n1. The first-order chi connectivity index (χ1) is 20.8. The second-order valence-electron chi connectivity index (χ2n) is 12.1. The Morgan fingerprint density at radius 3 is 2.35 bits per heavy atom. The number of carbonyl (C=O) groups excluding carboxylic acids is 2. The maximum atomic E-state index is 13.1. The number of nitrogens with one attached hydrogen (secondary N) is 2. The highest BCUT2D eigenvalue weighted by Crippen LogP contribution is 2.40. The third kappa shape index (κ3) is 6.91. The molecule has 2 aliphatic heterocycles. The molecule has 3 fully saturated rings. The first-order valence-electron chi connectivity index (χ1n) is 15.4. The van der Waals surface area contributed by atoms with Crippen molar-refractivity contribution in [3.8, 4) is 5.75 Å².